The summed E-state index contributed by atoms with van der Waals surface area (Å²) in [7, 11) is -3.83. The maximum Gasteiger partial charge on any atom is 0.264 e. The molecule has 0 amide bonds. The number of nitrogens with zero attached hydrogens (tertiary/aromatic N) is 1. The lowest BCUT2D eigenvalue weighted by molar-refractivity contribution is 0.258. The van der Waals surface area contributed by atoms with Gasteiger partial charge in [-0.15, -0.1) is 11.3 Å². The second-order valence-corrected chi connectivity index (χ2v) is 7.87. The first-order valence-electron chi connectivity index (χ1n) is 6.70. The molecule has 0 unspecified atom stereocenters. The molecule has 0 fully saturated rings. The Hall–Kier alpha value is -0.950. The molecule has 3 rings (SSSR count). The minimum Gasteiger partial charge on any atom is -0.298 e. The molecule has 1 N–H and O–H groups in total. The lowest BCUT2D eigenvalue weighted by atomic mass is 10.0. The minimum absolute atomic E-state index is 0.150. The van der Waals surface area contributed by atoms with E-state index in [0.29, 0.717) is 13.0 Å². The van der Waals surface area contributed by atoms with Gasteiger partial charge in [-0.25, -0.2) is 0 Å². The molecule has 1 aliphatic heterocycles. The van der Waals surface area contributed by atoms with Crippen LogP contribution in [0.3, 0.4) is 0 Å². The summed E-state index contributed by atoms with van der Waals surface area (Å²) in [6, 6.07) is 8.47. The van der Waals surface area contributed by atoms with Gasteiger partial charge in [-0.3, -0.25) is 9.45 Å². The Morgan fingerprint density at radius 2 is 2.10 bits per heavy atom. The zero-order valence-electron chi connectivity index (χ0n) is 11.1. The normalized spacial score (nSPS) is 16.4. The number of hydrogen-bond donors (Lipinski definition) is 1. The van der Waals surface area contributed by atoms with Crippen LogP contribution in [0.2, 0.25) is 0 Å². The molecule has 0 atom stereocenters. The highest BCUT2D eigenvalue weighted by atomic mass is 32.2. The van der Waals surface area contributed by atoms with Crippen molar-refractivity contribution in [3.63, 3.8) is 0 Å². The quantitative estimate of drug-likeness (QED) is 0.882. The van der Waals surface area contributed by atoms with E-state index in [1.54, 1.807) is 0 Å². The average molecular weight is 311 g/mol. The minimum atomic E-state index is -3.83. The molecule has 108 valence electrons. The van der Waals surface area contributed by atoms with E-state index in [1.165, 1.54) is 20.5 Å². The second-order valence-electron chi connectivity index (χ2n) is 5.17. The molecule has 1 aliphatic rings. The monoisotopic (exact) mass is 311 g/mol. The molecule has 0 spiro atoms. The first kappa shape index (κ1) is 14.0. The average Bonchev–Trinajstić information content (AvgIpc) is 2.74. The first-order valence-corrected chi connectivity index (χ1v) is 9.12. The van der Waals surface area contributed by atoms with Crippen molar-refractivity contribution in [2.45, 2.75) is 19.4 Å². The molecule has 2 aromatic rings. The summed E-state index contributed by atoms with van der Waals surface area (Å²) in [6.07, 6.45) is 1.50. The molecule has 1 aromatic carbocycles. The van der Waals surface area contributed by atoms with Crippen LogP contribution in [-0.4, -0.2) is 36.7 Å². The van der Waals surface area contributed by atoms with Gasteiger partial charge in [-0.2, -0.15) is 8.42 Å². The Balaban J connectivity index is 1.69. The third-order valence-corrected chi connectivity index (χ3v) is 5.71. The molecule has 6 heteroatoms. The van der Waals surface area contributed by atoms with Gasteiger partial charge < -0.3 is 0 Å². The fourth-order valence-electron chi connectivity index (χ4n) is 2.76. The lowest BCUT2D eigenvalue weighted by Gasteiger charge is -2.26. The summed E-state index contributed by atoms with van der Waals surface area (Å²) in [4.78, 5) is 3.66. The van der Waals surface area contributed by atoms with Crippen LogP contribution in [-0.2, 0) is 23.1 Å². The molecule has 0 aliphatic carbocycles. The fourth-order valence-corrected chi connectivity index (χ4v) is 4.55. The van der Waals surface area contributed by atoms with Crippen molar-refractivity contribution in [3.05, 3.63) is 34.7 Å². The summed E-state index contributed by atoms with van der Waals surface area (Å²) in [5.74, 6) is -0.150. The maximum absolute atomic E-state index is 10.7. The van der Waals surface area contributed by atoms with E-state index in [4.69, 9.17) is 4.55 Å². The number of thiophene rings is 1. The van der Waals surface area contributed by atoms with Gasteiger partial charge in [0.2, 0.25) is 0 Å². The zero-order valence-corrected chi connectivity index (χ0v) is 12.7. The lowest BCUT2D eigenvalue weighted by Crippen LogP contribution is -2.31. The summed E-state index contributed by atoms with van der Waals surface area (Å²) < 4.78 is 31.5. The van der Waals surface area contributed by atoms with Crippen LogP contribution in [0, 0.1) is 0 Å². The predicted octanol–water partition coefficient (Wildman–Crippen LogP) is 2.54. The maximum atomic E-state index is 10.7. The topological polar surface area (TPSA) is 57.6 Å². The number of rotatable bonds is 4. The smallest absolute Gasteiger partial charge is 0.264 e. The van der Waals surface area contributed by atoms with Crippen LogP contribution < -0.4 is 0 Å². The van der Waals surface area contributed by atoms with Crippen molar-refractivity contribution in [3.8, 4) is 0 Å². The highest BCUT2D eigenvalue weighted by molar-refractivity contribution is 7.85. The largest absolute Gasteiger partial charge is 0.298 e. The zero-order chi connectivity index (χ0) is 14.2. The Morgan fingerprint density at radius 3 is 2.90 bits per heavy atom. The van der Waals surface area contributed by atoms with E-state index in [0.717, 1.165) is 19.5 Å². The van der Waals surface area contributed by atoms with Gasteiger partial charge in [0.05, 0.1) is 5.75 Å². The summed E-state index contributed by atoms with van der Waals surface area (Å²) >= 11 is 1.83. The van der Waals surface area contributed by atoms with Gasteiger partial charge >= 0.3 is 0 Å². The summed E-state index contributed by atoms with van der Waals surface area (Å²) in [5, 5.41) is 1.37. The van der Waals surface area contributed by atoms with E-state index < -0.39 is 10.1 Å². The summed E-state index contributed by atoms with van der Waals surface area (Å²) in [6.45, 7) is 2.56. The Kier molecular flexibility index (Phi) is 3.81. The molecular formula is C14H17NO3S2. The molecule has 0 saturated carbocycles. The van der Waals surface area contributed by atoms with Crippen LogP contribution in [0.25, 0.3) is 10.1 Å². The van der Waals surface area contributed by atoms with Crippen molar-refractivity contribution in [1.29, 1.82) is 0 Å². The van der Waals surface area contributed by atoms with Gasteiger partial charge in [0.1, 0.15) is 0 Å². The van der Waals surface area contributed by atoms with Gasteiger partial charge in [0.25, 0.3) is 10.1 Å². The second kappa shape index (κ2) is 5.44. The van der Waals surface area contributed by atoms with Gasteiger partial charge in [-0.1, -0.05) is 18.2 Å². The van der Waals surface area contributed by atoms with Gasteiger partial charge in [0, 0.05) is 22.7 Å². The van der Waals surface area contributed by atoms with E-state index in [1.807, 2.05) is 11.3 Å². The molecular weight excluding hydrogens is 294 g/mol. The van der Waals surface area contributed by atoms with Crippen LogP contribution in [0.4, 0.5) is 0 Å². The fraction of sp³-hybridized carbons (Fsp3) is 0.429. The Bertz CT molecular complexity index is 721. The first-order chi connectivity index (χ1) is 9.53. The van der Waals surface area contributed by atoms with E-state index in [-0.39, 0.29) is 5.75 Å². The van der Waals surface area contributed by atoms with Crippen molar-refractivity contribution >= 4 is 31.5 Å². The Morgan fingerprint density at radius 1 is 1.30 bits per heavy atom. The van der Waals surface area contributed by atoms with Gasteiger partial charge in [-0.05, 0) is 36.4 Å². The standard InChI is InChI=1S/C14H17NO3S2/c16-20(17,18)9-3-7-15-8-6-12-11-4-1-2-5-13(11)19-14(12)10-15/h1-2,4-5H,3,6-10H2,(H,16,17,18). The predicted molar refractivity (Wildman–Crippen MR) is 81.8 cm³/mol. The van der Waals surface area contributed by atoms with E-state index in [2.05, 4.69) is 29.2 Å². The van der Waals surface area contributed by atoms with Crippen molar-refractivity contribution in [2.75, 3.05) is 18.8 Å². The van der Waals surface area contributed by atoms with E-state index >= 15 is 0 Å². The molecule has 2 heterocycles. The third kappa shape index (κ3) is 3.03. The highest BCUT2D eigenvalue weighted by Crippen LogP contribution is 2.34. The molecule has 0 saturated heterocycles. The highest BCUT2D eigenvalue weighted by Gasteiger charge is 2.20. The molecule has 1 aromatic heterocycles. The third-order valence-electron chi connectivity index (χ3n) is 3.70. The molecule has 4 nitrogen and oxygen atoms in total. The van der Waals surface area contributed by atoms with Crippen molar-refractivity contribution in [2.24, 2.45) is 0 Å². The van der Waals surface area contributed by atoms with Crippen molar-refractivity contribution in [1.82, 2.24) is 4.90 Å². The van der Waals surface area contributed by atoms with Crippen LogP contribution in [0.5, 0.6) is 0 Å². The molecule has 0 radical (unpaired) electrons. The Labute approximate surface area is 122 Å². The molecule has 0 bridgehead atoms. The number of hydrogen-bond acceptors (Lipinski definition) is 4. The molecule has 20 heavy (non-hydrogen) atoms. The number of fused-ring (bicyclic) bond motifs is 3. The van der Waals surface area contributed by atoms with Gasteiger partial charge in [0.15, 0.2) is 0 Å². The van der Waals surface area contributed by atoms with Crippen LogP contribution in [0.15, 0.2) is 24.3 Å². The van der Waals surface area contributed by atoms with E-state index in [9.17, 15) is 8.42 Å². The van der Waals surface area contributed by atoms with Crippen molar-refractivity contribution < 1.29 is 13.0 Å². The van der Waals surface area contributed by atoms with Crippen LogP contribution >= 0.6 is 11.3 Å². The number of benzene rings is 1. The summed E-state index contributed by atoms with van der Waals surface area (Å²) in [5.41, 5.74) is 1.46. The van der Waals surface area contributed by atoms with Crippen LogP contribution in [0.1, 0.15) is 16.9 Å². The SMILES string of the molecule is O=S(=O)(O)CCCN1CCc2c(sc3ccccc23)C1.